The Hall–Kier alpha value is -0.190. The van der Waals surface area contributed by atoms with Crippen molar-refractivity contribution < 1.29 is 4.74 Å². The highest BCUT2D eigenvalue weighted by molar-refractivity contribution is 8.02. The van der Waals surface area contributed by atoms with E-state index in [0.717, 1.165) is 11.5 Å². The van der Waals surface area contributed by atoms with Crippen LogP contribution < -0.4 is 11.1 Å². The number of ether oxygens (including phenoxy) is 1. The van der Waals surface area contributed by atoms with Crippen LogP contribution in [0, 0.1) is 0 Å². The van der Waals surface area contributed by atoms with Gasteiger partial charge < -0.3 is 4.74 Å². The van der Waals surface area contributed by atoms with Crippen molar-refractivity contribution in [1.82, 2.24) is 5.32 Å². The van der Waals surface area contributed by atoms with E-state index in [1.54, 1.807) is 11.8 Å². The molecule has 0 spiro atoms. The van der Waals surface area contributed by atoms with Crippen LogP contribution in [0.1, 0.15) is 0 Å². The number of fused-ring (bicyclic) bond motifs is 1. The summed E-state index contributed by atoms with van der Waals surface area (Å²) in [5, 5.41) is 5.10. The van der Waals surface area contributed by atoms with Crippen LogP contribution in [0.4, 0.5) is 0 Å². The molecule has 9 heavy (non-hydrogen) atoms. The van der Waals surface area contributed by atoms with Gasteiger partial charge in [0.15, 0.2) is 0 Å². The molecule has 2 rings (SSSR count). The van der Waals surface area contributed by atoms with Crippen molar-refractivity contribution in [2.45, 2.75) is 12.4 Å². The van der Waals surface area contributed by atoms with Crippen LogP contribution in [0.5, 0.6) is 0 Å². The second-order valence-electron chi connectivity index (χ2n) is 2.11. The number of nitrogens with two attached hydrogens (primary N) is 1. The Balaban J connectivity index is 2.15. The Labute approximate surface area is 57.6 Å². The van der Waals surface area contributed by atoms with Crippen LogP contribution in [-0.2, 0) is 4.74 Å². The van der Waals surface area contributed by atoms with E-state index in [1.165, 1.54) is 0 Å². The van der Waals surface area contributed by atoms with Gasteiger partial charge in [-0.3, -0.25) is 11.1 Å². The number of hydrogen-bond donors (Lipinski definition) is 2. The number of rotatable bonds is 0. The van der Waals surface area contributed by atoms with Gasteiger partial charge in [-0.1, -0.05) is 0 Å². The lowest BCUT2D eigenvalue weighted by atomic mass is 10.3. The average molecular weight is 144 g/mol. The molecule has 0 aliphatic carbocycles. The standard InChI is InChI=1S/C5H8N2OS/c6-5-7-3-1-9-2-4(3)8-5/h2-3,5,7H,1,6H2. The molecule has 0 aromatic heterocycles. The van der Waals surface area contributed by atoms with Gasteiger partial charge in [-0.2, -0.15) is 0 Å². The van der Waals surface area contributed by atoms with E-state index in [0.29, 0.717) is 6.04 Å². The normalized spacial score (nSPS) is 39.9. The maximum atomic E-state index is 5.44. The smallest absolute Gasteiger partial charge is 0.204 e. The number of thioether (sulfide) groups is 1. The zero-order valence-electron chi connectivity index (χ0n) is 4.83. The van der Waals surface area contributed by atoms with Gasteiger partial charge in [0.25, 0.3) is 0 Å². The molecule has 0 radical (unpaired) electrons. The zero-order chi connectivity index (χ0) is 6.27. The van der Waals surface area contributed by atoms with Crippen molar-refractivity contribution in [1.29, 1.82) is 0 Å². The van der Waals surface area contributed by atoms with Crippen LogP contribution in [0.25, 0.3) is 0 Å². The third-order valence-corrected chi connectivity index (χ3v) is 2.36. The molecule has 0 aromatic carbocycles. The minimum atomic E-state index is -0.276. The topological polar surface area (TPSA) is 47.3 Å². The van der Waals surface area contributed by atoms with E-state index >= 15 is 0 Å². The molecule has 0 saturated carbocycles. The predicted molar refractivity (Wildman–Crippen MR) is 36.5 cm³/mol. The first-order valence-corrected chi connectivity index (χ1v) is 3.91. The molecule has 50 valence electrons. The summed E-state index contributed by atoms with van der Waals surface area (Å²) in [4.78, 5) is 0. The average Bonchev–Trinajstić information content (AvgIpc) is 2.22. The molecule has 2 aliphatic heterocycles. The van der Waals surface area contributed by atoms with Gasteiger partial charge >= 0.3 is 0 Å². The molecule has 2 unspecified atom stereocenters. The summed E-state index contributed by atoms with van der Waals surface area (Å²) >= 11 is 1.76. The predicted octanol–water partition coefficient (Wildman–Crippen LogP) is -0.195. The molecule has 1 saturated heterocycles. The summed E-state index contributed by atoms with van der Waals surface area (Å²) in [7, 11) is 0. The fraction of sp³-hybridized carbons (Fsp3) is 0.600. The summed E-state index contributed by atoms with van der Waals surface area (Å²) in [5.74, 6) is 2.07. The monoisotopic (exact) mass is 144 g/mol. The molecule has 3 nitrogen and oxygen atoms in total. The van der Waals surface area contributed by atoms with Gasteiger partial charge in [-0.05, 0) is 0 Å². The first-order valence-electron chi connectivity index (χ1n) is 2.86. The van der Waals surface area contributed by atoms with Gasteiger partial charge in [0.1, 0.15) is 5.76 Å². The second kappa shape index (κ2) is 1.90. The summed E-state index contributed by atoms with van der Waals surface area (Å²) in [6, 6.07) is 0.380. The van der Waals surface area contributed by atoms with Gasteiger partial charge in [0, 0.05) is 11.2 Å². The van der Waals surface area contributed by atoms with Crippen LogP contribution in [0.2, 0.25) is 0 Å². The minimum absolute atomic E-state index is 0.276. The van der Waals surface area contributed by atoms with Crippen molar-refractivity contribution in [3.63, 3.8) is 0 Å². The molecular formula is C5H8N2OS. The molecule has 1 fully saturated rings. The Bertz CT molecular complexity index is 159. The van der Waals surface area contributed by atoms with Gasteiger partial charge in [0.05, 0.1) is 6.04 Å². The summed E-state index contributed by atoms with van der Waals surface area (Å²) in [5.41, 5.74) is 5.44. The van der Waals surface area contributed by atoms with Crippen LogP contribution in [-0.4, -0.2) is 18.1 Å². The van der Waals surface area contributed by atoms with Crippen molar-refractivity contribution in [3.8, 4) is 0 Å². The molecule has 3 N–H and O–H groups in total. The van der Waals surface area contributed by atoms with Gasteiger partial charge in [0.2, 0.25) is 6.35 Å². The Morgan fingerprint density at radius 1 is 1.89 bits per heavy atom. The third kappa shape index (κ3) is 0.831. The van der Waals surface area contributed by atoms with Crippen molar-refractivity contribution >= 4 is 11.8 Å². The SMILES string of the molecule is NC1NC2CSC=C2O1. The Kier molecular flexibility index (Phi) is 1.18. The van der Waals surface area contributed by atoms with E-state index < -0.39 is 0 Å². The van der Waals surface area contributed by atoms with Crippen molar-refractivity contribution in [3.05, 3.63) is 11.2 Å². The highest BCUT2D eigenvalue weighted by atomic mass is 32.2. The third-order valence-electron chi connectivity index (χ3n) is 1.43. The molecule has 0 bridgehead atoms. The maximum Gasteiger partial charge on any atom is 0.204 e. The Morgan fingerprint density at radius 2 is 2.78 bits per heavy atom. The summed E-state index contributed by atoms with van der Waals surface area (Å²) in [6.45, 7) is 0. The minimum Gasteiger partial charge on any atom is -0.465 e. The van der Waals surface area contributed by atoms with Crippen LogP contribution in [0.3, 0.4) is 0 Å². The van der Waals surface area contributed by atoms with E-state index in [2.05, 4.69) is 5.32 Å². The second-order valence-corrected chi connectivity index (χ2v) is 3.01. The van der Waals surface area contributed by atoms with E-state index in [4.69, 9.17) is 10.5 Å². The molecule has 2 atom stereocenters. The lowest BCUT2D eigenvalue weighted by molar-refractivity contribution is 0.153. The molecule has 2 heterocycles. The first-order chi connectivity index (χ1) is 4.36. The van der Waals surface area contributed by atoms with Crippen molar-refractivity contribution in [2.75, 3.05) is 5.75 Å². The van der Waals surface area contributed by atoms with Crippen molar-refractivity contribution in [2.24, 2.45) is 5.73 Å². The lowest BCUT2D eigenvalue weighted by Gasteiger charge is -2.01. The molecule has 4 heteroatoms. The first kappa shape index (κ1) is 5.58. The number of nitrogens with one attached hydrogen (secondary N) is 1. The van der Waals surface area contributed by atoms with E-state index in [-0.39, 0.29) is 6.35 Å². The maximum absolute atomic E-state index is 5.44. The summed E-state index contributed by atoms with van der Waals surface area (Å²) in [6.07, 6.45) is -0.276. The van der Waals surface area contributed by atoms with Crippen LogP contribution >= 0.6 is 11.8 Å². The molecule has 2 aliphatic rings. The molecule has 0 amide bonds. The summed E-state index contributed by atoms with van der Waals surface area (Å²) < 4.78 is 5.19. The highest BCUT2D eigenvalue weighted by Gasteiger charge is 2.30. The van der Waals surface area contributed by atoms with Gasteiger partial charge in [-0.15, -0.1) is 11.8 Å². The Morgan fingerprint density at radius 3 is 3.56 bits per heavy atom. The van der Waals surface area contributed by atoms with Gasteiger partial charge in [-0.25, -0.2) is 0 Å². The largest absolute Gasteiger partial charge is 0.465 e. The fourth-order valence-electron chi connectivity index (χ4n) is 1.01. The number of hydrogen-bond acceptors (Lipinski definition) is 4. The molecular weight excluding hydrogens is 136 g/mol. The quantitative estimate of drug-likeness (QED) is 0.494. The molecule has 0 aromatic rings. The lowest BCUT2D eigenvalue weighted by Crippen LogP contribution is -2.37. The van der Waals surface area contributed by atoms with Crippen LogP contribution in [0.15, 0.2) is 11.2 Å². The zero-order valence-corrected chi connectivity index (χ0v) is 5.65. The fourth-order valence-corrected chi connectivity index (χ4v) is 1.94. The van der Waals surface area contributed by atoms with E-state index in [9.17, 15) is 0 Å². The van der Waals surface area contributed by atoms with E-state index in [1.807, 2.05) is 5.41 Å². The highest BCUT2D eigenvalue weighted by Crippen LogP contribution is 2.27.